The van der Waals surface area contributed by atoms with E-state index in [2.05, 4.69) is 4.90 Å². The zero-order valence-electron chi connectivity index (χ0n) is 11.1. The molecule has 1 aliphatic carbocycles. The van der Waals surface area contributed by atoms with Crippen LogP contribution in [0.2, 0.25) is 0 Å². The van der Waals surface area contributed by atoms with Gasteiger partial charge in [0.25, 0.3) is 0 Å². The van der Waals surface area contributed by atoms with Crippen LogP contribution in [0.4, 0.5) is 0 Å². The molecular weight excluding hydrogens is 230 g/mol. The Labute approximate surface area is 109 Å². The highest BCUT2D eigenvalue weighted by atomic mass is 16.5. The minimum absolute atomic E-state index is 0.275. The van der Waals surface area contributed by atoms with Gasteiger partial charge in [-0.3, -0.25) is 9.69 Å². The van der Waals surface area contributed by atoms with E-state index >= 15 is 0 Å². The van der Waals surface area contributed by atoms with Crippen molar-refractivity contribution in [3.63, 3.8) is 0 Å². The predicted octanol–water partition coefficient (Wildman–Crippen LogP) is 2.27. The highest BCUT2D eigenvalue weighted by Crippen LogP contribution is 2.20. The Morgan fingerprint density at radius 2 is 1.83 bits per heavy atom. The van der Waals surface area contributed by atoms with Gasteiger partial charge in [0.05, 0.1) is 12.7 Å². The number of ether oxygens (including phenoxy) is 1. The van der Waals surface area contributed by atoms with E-state index in [0.29, 0.717) is 12.7 Å². The number of likely N-dealkylation sites (tertiary alicyclic amines) is 1. The van der Waals surface area contributed by atoms with Crippen LogP contribution in [-0.4, -0.2) is 47.8 Å². The van der Waals surface area contributed by atoms with Crippen LogP contribution in [0.15, 0.2) is 0 Å². The molecule has 2 rings (SSSR count). The Bertz CT molecular complexity index is 262. The number of rotatable bonds is 5. The molecule has 0 radical (unpaired) electrons. The number of nitrogens with zero attached hydrogens (tertiary/aromatic N) is 1. The minimum Gasteiger partial charge on any atom is -0.480 e. The van der Waals surface area contributed by atoms with Crippen molar-refractivity contribution in [1.82, 2.24) is 4.90 Å². The van der Waals surface area contributed by atoms with Gasteiger partial charge >= 0.3 is 5.97 Å². The smallest absolute Gasteiger partial charge is 0.320 e. The Morgan fingerprint density at radius 1 is 1.11 bits per heavy atom. The lowest BCUT2D eigenvalue weighted by molar-refractivity contribution is -0.142. The number of hydrogen-bond acceptors (Lipinski definition) is 3. The van der Waals surface area contributed by atoms with Gasteiger partial charge in [-0.25, -0.2) is 0 Å². The van der Waals surface area contributed by atoms with E-state index in [1.807, 2.05) is 0 Å². The summed E-state index contributed by atoms with van der Waals surface area (Å²) in [4.78, 5) is 13.1. The molecule has 4 heteroatoms. The van der Waals surface area contributed by atoms with E-state index in [1.54, 1.807) is 0 Å². The average Bonchev–Trinajstić information content (AvgIpc) is 2.66. The Morgan fingerprint density at radius 3 is 2.50 bits per heavy atom. The second-order valence-corrected chi connectivity index (χ2v) is 5.52. The fourth-order valence-corrected chi connectivity index (χ4v) is 3.12. The third-order valence-corrected chi connectivity index (χ3v) is 4.18. The summed E-state index contributed by atoms with van der Waals surface area (Å²) in [5, 5.41) is 9.09. The molecule has 2 aliphatic rings. The average molecular weight is 255 g/mol. The van der Waals surface area contributed by atoms with Gasteiger partial charge in [-0.15, -0.1) is 0 Å². The molecular formula is C14H25NO3. The number of carboxylic acid groups (broad SMARTS) is 1. The minimum atomic E-state index is -0.679. The monoisotopic (exact) mass is 255 g/mol. The van der Waals surface area contributed by atoms with Crippen LogP contribution in [-0.2, 0) is 9.53 Å². The van der Waals surface area contributed by atoms with Crippen LogP contribution >= 0.6 is 0 Å². The number of carboxylic acids is 1. The topological polar surface area (TPSA) is 49.8 Å². The SMILES string of the molecule is O=C(O)[C@@H]1CCCN1CCOC1CCCCCC1. The van der Waals surface area contributed by atoms with Gasteiger partial charge in [-0.05, 0) is 32.2 Å². The number of aliphatic carboxylic acids is 1. The Kier molecular flexibility index (Phi) is 5.45. The molecule has 1 atom stereocenters. The maximum absolute atomic E-state index is 11.0. The van der Waals surface area contributed by atoms with Crippen molar-refractivity contribution in [2.24, 2.45) is 0 Å². The fraction of sp³-hybridized carbons (Fsp3) is 0.929. The van der Waals surface area contributed by atoms with Crippen LogP contribution in [0.3, 0.4) is 0 Å². The van der Waals surface area contributed by atoms with Crippen molar-refractivity contribution in [3.8, 4) is 0 Å². The molecule has 1 heterocycles. The molecule has 18 heavy (non-hydrogen) atoms. The standard InChI is InChI=1S/C14H25NO3/c16-14(17)13-8-5-9-15(13)10-11-18-12-6-3-1-2-4-7-12/h12-13H,1-11H2,(H,16,17)/t13-/m0/s1. The summed E-state index contributed by atoms with van der Waals surface area (Å²) in [6.07, 6.45) is 9.82. The van der Waals surface area contributed by atoms with E-state index < -0.39 is 5.97 Å². The van der Waals surface area contributed by atoms with Crippen molar-refractivity contribution in [2.75, 3.05) is 19.7 Å². The first kappa shape index (κ1) is 13.8. The maximum Gasteiger partial charge on any atom is 0.320 e. The van der Waals surface area contributed by atoms with Crippen LogP contribution in [0, 0.1) is 0 Å². The van der Waals surface area contributed by atoms with Gasteiger partial charge in [0.2, 0.25) is 0 Å². The third kappa shape index (κ3) is 3.95. The Hall–Kier alpha value is -0.610. The fourth-order valence-electron chi connectivity index (χ4n) is 3.12. The first-order valence-corrected chi connectivity index (χ1v) is 7.36. The van der Waals surface area contributed by atoms with E-state index in [0.717, 1.165) is 25.9 Å². The van der Waals surface area contributed by atoms with Gasteiger partial charge in [-0.1, -0.05) is 25.7 Å². The van der Waals surface area contributed by atoms with E-state index in [9.17, 15) is 4.79 Å². The van der Waals surface area contributed by atoms with Gasteiger partial charge in [0.15, 0.2) is 0 Å². The summed E-state index contributed by atoms with van der Waals surface area (Å²) in [5.74, 6) is -0.679. The van der Waals surface area contributed by atoms with E-state index in [-0.39, 0.29) is 6.04 Å². The van der Waals surface area contributed by atoms with E-state index in [4.69, 9.17) is 9.84 Å². The molecule has 0 aromatic carbocycles. The van der Waals surface area contributed by atoms with Gasteiger partial charge in [0, 0.05) is 6.54 Å². The van der Waals surface area contributed by atoms with Crippen LogP contribution < -0.4 is 0 Å². The highest BCUT2D eigenvalue weighted by molar-refractivity contribution is 5.73. The summed E-state index contributed by atoms with van der Waals surface area (Å²) >= 11 is 0. The lowest BCUT2D eigenvalue weighted by atomic mass is 10.1. The molecule has 1 saturated carbocycles. The van der Waals surface area contributed by atoms with Crippen LogP contribution in [0.1, 0.15) is 51.4 Å². The summed E-state index contributed by atoms with van der Waals surface area (Å²) < 4.78 is 5.92. The largest absolute Gasteiger partial charge is 0.480 e. The van der Waals surface area contributed by atoms with Crippen LogP contribution in [0.5, 0.6) is 0 Å². The summed E-state index contributed by atoms with van der Waals surface area (Å²) in [6, 6.07) is -0.275. The van der Waals surface area contributed by atoms with Gasteiger partial charge < -0.3 is 9.84 Å². The number of carbonyl (C=O) groups is 1. The first-order valence-electron chi connectivity index (χ1n) is 7.36. The normalized spacial score (nSPS) is 27.2. The molecule has 0 aromatic rings. The predicted molar refractivity (Wildman–Crippen MR) is 69.7 cm³/mol. The second-order valence-electron chi connectivity index (χ2n) is 5.52. The van der Waals surface area contributed by atoms with Crippen molar-refractivity contribution < 1.29 is 14.6 Å². The van der Waals surface area contributed by atoms with Crippen molar-refractivity contribution in [1.29, 1.82) is 0 Å². The molecule has 1 aliphatic heterocycles. The quantitative estimate of drug-likeness (QED) is 0.766. The molecule has 1 N–H and O–H groups in total. The molecule has 104 valence electrons. The lowest BCUT2D eigenvalue weighted by Crippen LogP contribution is -2.38. The van der Waals surface area contributed by atoms with Crippen LogP contribution in [0.25, 0.3) is 0 Å². The van der Waals surface area contributed by atoms with E-state index in [1.165, 1.54) is 38.5 Å². The second kappa shape index (κ2) is 7.10. The summed E-state index contributed by atoms with van der Waals surface area (Å²) in [5.41, 5.74) is 0. The maximum atomic E-state index is 11.0. The molecule has 0 bridgehead atoms. The molecule has 0 aromatic heterocycles. The lowest BCUT2D eigenvalue weighted by Gasteiger charge is -2.22. The molecule has 0 unspecified atom stereocenters. The van der Waals surface area contributed by atoms with Gasteiger partial charge in [-0.2, -0.15) is 0 Å². The number of hydrogen-bond donors (Lipinski definition) is 1. The zero-order chi connectivity index (χ0) is 12.8. The first-order chi connectivity index (χ1) is 8.77. The molecule has 1 saturated heterocycles. The molecule has 0 amide bonds. The third-order valence-electron chi connectivity index (χ3n) is 4.18. The molecule has 4 nitrogen and oxygen atoms in total. The molecule has 0 spiro atoms. The van der Waals surface area contributed by atoms with Gasteiger partial charge in [0.1, 0.15) is 6.04 Å². The van der Waals surface area contributed by atoms with Crippen molar-refractivity contribution in [3.05, 3.63) is 0 Å². The molecule has 2 fully saturated rings. The van der Waals surface area contributed by atoms with Crippen molar-refractivity contribution in [2.45, 2.75) is 63.5 Å². The Balaban J connectivity index is 1.66. The summed E-state index contributed by atoms with van der Waals surface area (Å²) in [7, 11) is 0. The highest BCUT2D eigenvalue weighted by Gasteiger charge is 2.30. The van der Waals surface area contributed by atoms with Crippen molar-refractivity contribution >= 4 is 5.97 Å². The zero-order valence-corrected chi connectivity index (χ0v) is 11.1. The summed E-state index contributed by atoms with van der Waals surface area (Å²) in [6.45, 7) is 2.37.